The second-order valence-electron chi connectivity index (χ2n) is 5.71. The molecule has 2 N–H and O–H groups in total. The van der Waals surface area contributed by atoms with Gasteiger partial charge in [0.2, 0.25) is 0 Å². The normalized spacial score (nSPS) is 10.8. The molecule has 0 aliphatic heterocycles. The summed E-state index contributed by atoms with van der Waals surface area (Å²) in [6.45, 7) is 8.02. The Balaban J connectivity index is 1.84. The van der Waals surface area contributed by atoms with Gasteiger partial charge in [-0.05, 0) is 54.6 Å². The first kappa shape index (κ1) is 19.6. The Hall–Kier alpha value is -1.69. The molecule has 3 nitrogen and oxygen atoms in total. The Bertz CT molecular complexity index is 702. The molecule has 134 valence electrons. The minimum Gasteiger partial charge on any atom is -0.358 e. The quantitative estimate of drug-likeness (QED) is 0.675. The minimum absolute atomic E-state index is 0.0663. The van der Waals surface area contributed by atoms with Crippen LogP contribution < -0.4 is 10.6 Å². The summed E-state index contributed by atoms with van der Waals surface area (Å²) < 4.78 is 13.2. The predicted octanol–water partition coefficient (Wildman–Crippen LogP) is 4.81. The SMILES string of the molecule is CCN(CC)Cc1ccc(CNC(=S)Nc2ccc(F)c(Cl)c2)cc1. The van der Waals surface area contributed by atoms with Crippen LogP contribution in [-0.2, 0) is 13.1 Å². The first-order valence-corrected chi connectivity index (χ1v) is 9.10. The van der Waals surface area contributed by atoms with E-state index < -0.39 is 5.82 Å². The van der Waals surface area contributed by atoms with Gasteiger partial charge in [-0.15, -0.1) is 0 Å². The fourth-order valence-corrected chi connectivity index (χ4v) is 2.77. The predicted molar refractivity (Wildman–Crippen MR) is 108 cm³/mol. The van der Waals surface area contributed by atoms with E-state index in [0.29, 0.717) is 17.3 Å². The van der Waals surface area contributed by atoms with E-state index in [2.05, 4.69) is 53.6 Å². The van der Waals surface area contributed by atoms with Gasteiger partial charge in [-0.3, -0.25) is 4.90 Å². The van der Waals surface area contributed by atoms with Gasteiger partial charge in [0.1, 0.15) is 5.82 Å². The van der Waals surface area contributed by atoms with Crippen molar-refractivity contribution < 1.29 is 4.39 Å². The van der Waals surface area contributed by atoms with Crippen molar-refractivity contribution in [3.8, 4) is 0 Å². The number of nitrogens with zero attached hydrogens (tertiary/aromatic N) is 1. The third-order valence-corrected chi connectivity index (χ3v) is 4.49. The molecule has 0 spiro atoms. The number of halogens is 2. The molecule has 0 aliphatic carbocycles. The molecule has 0 aromatic heterocycles. The highest BCUT2D eigenvalue weighted by Crippen LogP contribution is 2.19. The van der Waals surface area contributed by atoms with Gasteiger partial charge < -0.3 is 10.6 Å². The van der Waals surface area contributed by atoms with Crippen LogP contribution >= 0.6 is 23.8 Å². The second kappa shape index (κ2) is 9.70. The Kier molecular flexibility index (Phi) is 7.62. The Morgan fingerprint density at radius 3 is 2.32 bits per heavy atom. The Labute approximate surface area is 159 Å². The van der Waals surface area contributed by atoms with Crippen LogP contribution in [-0.4, -0.2) is 23.1 Å². The fourth-order valence-electron chi connectivity index (χ4n) is 2.40. The van der Waals surface area contributed by atoms with Crippen LogP contribution in [0.5, 0.6) is 0 Å². The molecule has 0 atom stereocenters. The summed E-state index contributed by atoms with van der Waals surface area (Å²) in [6.07, 6.45) is 0. The third-order valence-electron chi connectivity index (χ3n) is 3.95. The van der Waals surface area contributed by atoms with Gasteiger partial charge in [0, 0.05) is 18.8 Å². The van der Waals surface area contributed by atoms with Crippen LogP contribution in [0.1, 0.15) is 25.0 Å². The average molecular weight is 380 g/mol. The first-order valence-electron chi connectivity index (χ1n) is 8.32. The number of rotatable bonds is 7. The highest BCUT2D eigenvalue weighted by atomic mass is 35.5. The molecule has 2 aromatic rings. The molecule has 0 aliphatic rings. The van der Waals surface area contributed by atoms with Crippen molar-refractivity contribution in [2.45, 2.75) is 26.9 Å². The molecule has 0 fully saturated rings. The van der Waals surface area contributed by atoms with Crippen molar-refractivity contribution >= 4 is 34.6 Å². The van der Waals surface area contributed by atoms with Gasteiger partial charge in [0.15, 0.2) is 5.11 Å². The zero-order valence-corrected chi connectivity index (χ0v) is 16.1. The average Bonchev–Trinajstić information content (AvgIpc) is 2.62. The van der Waals surface area contributed by atoms with Crippen molar-refractivity contribution in [1.82, 2.24) is 10.2 Å². The van der Waals surface area contributed by atoms with Crippen LogP contribution in [0, 0.1) is 5.82 Å². The summed E-state index contributed by atoms with van der Waals surface area (Å²) in [7, 11) is 0. The molecule has 6 heteroatoms. The highest BCUT2D eigenvalue weighted by Gasteiger charge is 2.04. The van der Waals surface area contributed by atoms with Gasteiger partial charge in [-0.25, -0.2) is 4.39 Å². The topological polar surface area (TPSA) is 27.3 Å². The van der Waals surface area contributed by atoms with Gasteiger partial charge in [-0.1, -0.05) is 49.7 Å². The molecule has 0 saturated carbocycles. The Morgan fingerprint density at radius 1 is 1.08 bits per heavy atom. The first-order chi connectivity index (χ1) is 12.0. The molecule has 0 unspecified atom stereocenters. The number of anilines is 1. The summed E-state index contributed by atoms with van der Waals surface area (Å²) in [6, 6.07) is 12.9. The molecule has 0 bridgehead atoms. The number of hydrogen-bond acceptors (Lipinski definition) is 2. The van der Waals surface area contributed by atoms with E-state index in [9.17, 15) is 4.39 Å². The zero-order chi connectivity index (χ0) is 18.2. The maximum atomic E-state index is 13.2. The van der Waals surface area contributed by atoms with Crippen LogP contribution in [0.25, 0.3) is 0 Å². The van der Waals surface area contributed by atoms with E-state index in [4.69, 9.17) is 23.8 Å². The maximum absolute atomic E-state index is 13.2. The van der Waals surface area contributed by atoms with Crippen molar-refractivity contribution in [2.24, 2.45) is 0 Å². The molecule has 0 amide bonds. The van der Waals surface area contributed by atoms with E-state index in [1.807, 2.05) is 0 Å². The van der Waals surface area contributed by atoms with Crippen LogP contribution in [0.15, 0.2) is 42.5 Å². The fraction of sp³-hybridized carbons (Fsp3) is 0.316. The molecule has 25 heavy (non-hydrogen) atoms. The molecule has 0 saturated heterocycles. The molecule has 2 rings (SSSR count). The largest absolute Gasteiger partial charge is 0.358 e. The summed E-state index contributed by atoms with van der Waals surface area (Å²) >= 11 is 11.0. The van der Waals surface area contributed by atoms with E-state index in [1.165, 1.54) is 17.7 Å². The maximum Gasteiger partial charge on any atom is 0.171 e. The van der Waals surface area contributed by atoms with E-state index in [1.54, 1.807) is 6.07 Å². The number of benzene rings is 2. The van der Waals surface area contributed by atoms with E-state index in [-0.39, 0.29) is 5.02 Å². The monoisotopic (exact) mass is 379 g/mol. The van der Waals surface area contributed by atoms with Gasteiger partial charge in [0.05, 0.1) is 5.02 Å². The lowest BCUT2D eigenvalue weighted by Gasteiger charge is -2.18. The Morgan fingerprint density at radius 2 is 1.72 bits per heavy atom. The number of thiocarbonyl (C=S) groups is 1. The number of hydrogen-bond donors (Lipinski definition) is 2. The molecule has 0 heterocycles. The third kappa shape index (κ3) is 6.27. The molecule has 2 aromatic carbocycles. The van der Waals surface area contributed by atoms with Crippen molar-refractivity contribution in [3.05, 3.63) is 64.4 Å². The lowest BCUT2D eigenvalue weighted by atomic mass is 10.1. The van der Waals surface area contributed by atoms with Gasteiger partial charge in [0.25, 0.3) is 0 Å². The molecular formula is C19H23ClFN3S. The number of nitrogens with one attached hydrogen (secondary N) is 2. The van der Waals surface area contributed by atoms with E-state index >= 15 is 0 Å². The lowest BCUT2D eigenvalue weighted by Crippen LogP contribution is -2.27. The van der Waals surface area contributed by atoms with Crippen molar-refractivity contribution in [1.29, 1.82) is 0 Å². The van der Waals surface area contributed by atoms with E-state index in [0.717, 1.165) is 25.2 Å². The van der Waals surface area contributed by atoms with Gasteiger partial charge in [-0.2, -0.15) is 0 Å². The minimum atomic E-state index is -0.448. The van der Waals surface area contributed by atoms with Crippen LogP contribution in [0.4, 0.5) is 10.1 Å². The summed E-state index contributed by atoms with van der Waals surface area (Å²) in [5.74, 6) is -0.448. The second-order valence-corrected chi connectivity index (χ2v) is 6.53. The standard InChI is InChI=1S/C19H23ClFN3S/c1-3-24(4-2)13-15-7-5-14(6-8-15)12-22-19(25)23-16-9-10-18(21)17(20)11-16/h5-11H,3-4,12-13H2,1-2H3,(H2,22,23,25). The molecular weight excluding hydrogens is 357 g/mol. The van der Waals surface area contributed by atoms with Crippen LogP contribution in [0.2, 0.25) is 5.02 Å². The summed E-state index contributed by atoms with van der Waals surface area (Å²) in [5, 5.41) is 6.67. The molecule has 0 radical (unpaired) electrons. The summed E-state index contributed by atoms with van der Waals surface area (Å²) in [4.78, 5) is 2.38. The highest BCUT2D eigenvalue weighted by molar-refractivity contribution is 7.80. The van der Waals surface area contributed by atoms with Gasteiger partial charge >= 0.3 is 0 Å². The van der Waals surface area contributed by atoms with Crippen LogP contribution in [0.3, 0.4) is 0 Å². The van der Waals surface area contributed by atoms with Crippen molar-refractivity contribution in [3.63, 3.8) is 0 Å². The lowest BCUT2D eigenvalue weighted by molar-refractivity contribution is 0.296. The summed E-state index contributed by atoms with van der Waals surface area (Å²) in [5.41, 5.74) is 3.09. The zero-order valence-electron chi connectivity index (χ0n) is 14.5. The van der Waals surface area contributed by atoms with Crippen molar-refractivity contribution in [2.75, 3.05) is 18.4 Å². The smallest absolute Gasteiger partial charge is 0.171 e.